The molecule has 0 N–H and O–H groups in total. The van der Waals surface area contributed by atoms with Crippen LogP contribution in [0.1, 0.15) is 84.6 Å². The quantitative estimate of drug-likeness (QED) is 0.162. The Labute approximate surface area is 408 Å². The highest BCUT2D eigenvalue weighted by Crippen LogP contribution is 2.55. The second kappa shape index (κ2) is 13.6. The lowest BCUT2D eigenvalue weighted by Crippen LogP contribution is -2.61. The molecule has 69 heavy (non-hydrogen) atoms. The lowest BCUT2D eigenvalue weighted by molar-refractivity contribution is 0.590. The molecule has 14 rings (SSSR count). The van der Waals surface area contributed by atoms with Crippen LogP contribution in [0, 0.1) is 6.92 Å². The molecule has 0 saturated carbocycles. The number of aromatic nitrogens is 1. The molecule has 0 spiro atoms. The van der Waals surface area contributed by atoms with Crippen LogP contribution < -0.4 is 26.4 Å². The normalized spacial score (nSPS) is 14.1. The summed E-state index contributed by atoms with van der Waals surface area (Å²) < 4.78 is 12.7. The average molecular weight is 912 g/mol. The third-order valence-electron chi connectivity index (χ3n) is 15.5. The first kappa shape index (κ1) is 41.0. The van der Waals surface area contributed by atoms with Crippen LogP contribution in [-0.2, 0) is 16.2 Å². The molecule has 11 aromatic rings. The molecule has 0 fully saturated rings. The first-order chi connectivity index (χ1) is 33.0. The van der Waals surface area contributed by atoms with E-state index in [-0.39, 0.29) is 23.0 Å². The number of anilines is 6. The van der Waals surface area contributed by atoms with Crippen molar-refractivity contribution >= 4 is 122 Å². The molecule has 0 saturated heterocycles. The molecule has 3 aliphatic rings. The van der Waals surface area contributed by atoms with Crippen LogP contribution in [0.5, 0.6) is 0 Å². The first-order valence-corrected chi connectivity index (χ1v) is 25.4. The van der Waals surface area contributed by atoms with E-state index < -0.39 is 0 Å². The van der Waals surface area contributed by atoms with Crippen molar-refractivity contribution in [2.24, 2.45) is 0 Å². The van der Waals surface area contributed by atoms with Gasteiger partial charge in [-0.2, -0.15) is 0 Å². The minimum Gasteiger partial charge on any atom is -0.468 e. The van der Waals surface area contributed by atoms with Gasteiger partial charge < -0.3 is 18.8 Å². The molecule has 4 nitrogen and oxygen atoms in total. The molecule has 0 radical (unpaired) electrons. The van der Waals surface area contributed by atoms with E-state index >= 15 is 0 Å². The number of rotatable bonds is 2. The predicted molar refractivity (Wildman–Crippen MR) is 297 cm³/mol. The summed E-state index contributed by atoms with van der Waals surface area (Å²) in [5.74, 6) is 0. The Morgan fingerprint density at radius 2 is 1.16 bits per heavy atom. The van der Waals surface area contributed by atoms with Gasteiger partial charge in [-0.25, -0.2) is 0 Å². The van der Waals surface area contributed by atoms with Gasteiger partial charge in [-0.3, -0.25) is 0 Å². The minimum atomic E-state index is -0.176. The Morgan fingerprint density at radius 3 is 1.93 bits per heavy atom. The maximum atomic E-state index is 7.49. The summed E-state index contributed by atoms with van der Waals surface area (Å²) in [5, 5.41) is 6.30. The summed E-state index contributed by atoms with van der Waals surface area (Å²) in [6.07, 6.45) is 0. The second-order valence-electron chi connectivity index (χ2n) is 23.1. The number of thiophene rings is 1. The summed E-state index contributed by atoms with van der Waals surface area (Å²) in [6.45, 7) is 23.3. The Hall–Kier alpha value is -7.02. The van der Waals surface area contributed by atoms with Gasteiger partial charge in [0.15, 0.2) is 0 Å². The zero-order valence-electron chi connectivity index (χ0n) is 41.1. The van der Waals surface area contributed by atoms with E-state index in [0.717, 1.165) is 28.0 Å². The molecular formula is C63H54BN3OS. The van der Waals surface area contributed by atoms with Gasteiger partial charge in [0.25, 0.3) is 6.71 Å². The third kappa shape index (κ3) is 5.70. The van der Waals surface area contributed by atoms with Gasteiger partial charge in [-0.05, 0) is 146 Å². The van der Waals surface area contributed by atoms with Crippen LogP contribution in [0.25, 0.3) is 69.8 Å². The SMILES string of the molecule is Cc1cc2c3c(c1)N1c4c(cc(C(C)(C)C)cc4-n4c5ccc(C(C)(C)C)cc5c5cc(C(C)(C)C)cc1c54)B3c1oc3ccc(-c4ccccc4)cc3c1N2c1ccc2sc3ccccc3c2c1. The second-order valence-corrected chi connectivity index (χ2v) is 24.2. The summed E-state index contributed by atoms with van der Waals surface area (Å²) in [5.41, 5.74) is 22.7. The van der Waals surface area contributed by atoms with Gasteiger partial charge in [0.1, 0.15) is 5.58 Å². The van der Waals surface area contributed by atoms with Crippen molar-refractivity contribution in [1.82, 2.24) is 4.57 Å². The molecule has 0 aliphatic carbocycles. The van der Waals surface area contributed by atoms with Crippen molar-refractivity contribution in [1.29, 1.82) is 0 Å². The molecule has 8 aromatic carbocycles. The maximum Gasteiger partial charge on any atom is 0.297 e. The van der Waals surface area contributed by atoms with Gasteiger partial charge in [0.2, 0.25) is 0 Å². The van der Waals surface area contributed by atoms with Crippen LogP contribution in [0.15, 0.2) is 150 Å². The summed E-state index contributed by atoms with van der Waals surface area (Å²) in [7, 11) is 0. The fourth-order valence-corrected chi connectivity index (χ4v) is 13.0. The highest BCUT2D eigenvalue weighted by atomic mass is 32.1. The largest absolute Gasteiger partial charge is 0.468 e. The van der Waals surface area contributed by atoms with Crippen LogP contribution in [0.2, 0.25) is 0 Å². The molecule has 0 amide bonds. The molecular weight excluding hydrogens is 858 g/mol. The molecule has 6 heteroatoms. The van der Waals surface area contributed by atoms with Gasteiger partial charge in [0.05, 0.1) is 39.4 Å². The highest BCUT2D eigenvalue weighted by molar-refractivity contribution is 7.25. The van der Waals surface area contributed by atoms with Gasteiger partial charge in [-0.1, -0.05) is 129 Å². The smallest absolute Gasteiger partial charge is 0.297 e. The van der Waals surface area contributed by atoms with Crippen LogP contribution in [0.3, 0.4) is 0 Å². The number of benzene rings is 8. The molecule has 3 aliphatic heterocycles. The van der Waals surface area contributed by atoms with E-state index in [1.807, 2.05) is 11.3 Å². The zero-order valence-corrected chi connectivity index (χ0v) is 41.9. The third-order valence-corrected chi connectivity index (χ3v) is 16.7. The van der Waals surface area contributed by atoms with Crippen LogP contribution in [-0.4, -0.2) is 11.3 Å². The van der Waals surface area contributed by atoms with E-state index in [4.69, 9.17) is 4.42 Å². The van der Waals surface area contributed by atoms with E-state index in [1.165, 1.54) is 115 Å². The van der Waals surface area contributed by atoms with E-state index in [2.05, 4.69) is 229 Å². The van der Waals surface area contributed by atoms with Crippen molar-refractivity contribution in [3.63, 3.8) is 0 Å². The highest BCUT2D eigenvalue weighted by Gasteiger charge is 2.50. The van der Waals surface area contributed by atoms with E-state index in [0.29, 0.717) is 0 Å². The monoisotopic (exact) mass is 911 g/mol. The first-order valence-electron chi connectivity index (χ1n) is 24.6. The maximum absolute atomic E-state index is 7.49. The Balaban J connectivity index is 1.15. The van der Waals surface area contributed by atoms with Gasteiger partial charge in [0, 0.05) is 53.4 Å². The average Bonchev–Trinajstić information content (AvgIpc) is 3.99. The van der Waals surface area contributed by atoms with E-state index in [9.17, 15) is 0 Å². The number of hydrogen-bond donors (Lipinski definition) is 0. The Bertz CT molecular complexity index is 4050. The number of hydrogen-bond acceptors (Lipinski definition) is 4. The van der Waals surface area contributed by atoms with Crippen molar-refractivity contribution < 1.29 is 4.42 Å². The number of furan rings is 1. The summed E-state index contributed by atoms with van der Waals surface area (Å²) in [4.78, 5) is 5.22. The zero-order chi connectivity index (χ0) is 47.2. The van der Waals surface area contributed by atoms with E-state index in [1.54, 1.807) is 0 Å². The molecule has 3 aromatic heterocycles. The van der Waals surface area contributed by atoms with Crippen molar-refractivity contribution in [2.75, 3.05) is 9.80 Å². The van der Waals surface area contributed by atoms with Gasteiger partial charge >= 0.3 is 0 Å². The van der Waals surface area contributed by atoms with Crippen molar-refractivity contribution in [3.05, 3.63) is 168 Å². The fourth-order valence-electron chi connectivity index (χ4n) is 12.0. The summed E-state index contributed by atoms with van der Waals surface area (Å²) >= 11 is 1.87. The molecule has 0 bridgehead atoms. The molecule has 0 unspecified atom stereocenters. The molecule has 6 heterocycles. The lowest BCUT2D eigenvalue weighted by Gasteiger charge is -2.45. The fraction of sp³-hybridized carbons (Fsp3) is 0.206. The number of nitrogens with zero attached hydrogens (tertiary/aromatic N) is 3. The molecule has 0 atom stereocenters. The standard InChI is InChI=1S/C63H54BN3OS/c1-35-26-49-56-50(27-35)67-51-32-39(62(5,6)7)30-45-43-29-38(61(2,3)4)21-23-48(43)66(57(45)51)52-33-40(63(8,9)10)31-47(59(52)67)64(56)60-58(46-28-37(20-24-53(46)68-60)36-16-12-11-13-17-36)65(49)41-22-25-55-44(34-41)42-18-14-15-19-54(42)69-55/h11-34H,1-10H3. The molecule has 336 valence electrons. The Kier molecular flexibility index (Phi) is 8.09. The predicted octanol–water partition coefficient (Wildman–Crippen LogP) is 16.2. The number of aryl methyl sites for hydroxylation is 1. The minimum absolute atomic E-state index is 0.00110. The topological polar surface area (TPSA) is 24.6 Å². The van der Waals surface area contributed by atoms with Crippen LogP contribution >= 0.6 is 11.3 Å². The van der Waals surface area contributed by atoms with Crippen molar-refractivity contribution in [3.8, 4) is 16.8 Å². The summed E-state index contributed by atoms with van der Waals surface area (Å²) in [6, 6.07) is 55.7. The van der Waals surface area contributed by atoms with Crippen LogP contribution in [0.4, 0.5) is 34.1 Å². The van der Waals surface area contributed by atoms with Crippen molar-refractivity contribution in [2.45, 2.75) is 85.5 Å². The number of fused-ring (bicyclic) bond motifs is 14. The lowest BCUT2D eigenvalue weighted by atomic mass is 9.35. The Morgan fingerprint density at radius 1 is 0.478 bits per heavy atom. The van der Waals surface area contributed by atoms with Gasteiger partial charge in [-0.15, -0.1) is 11.3 Å².